The lowest BCUT2D eigenvalue weighted by atomic mass is 10.3. The first kappa shape index (κ1) is 10.1. The van der Waals surface area contributed by atoms with E-state index in [1.54, 1.807) is 0 Å². The lowest BCUT2D eigenvalue weighted by Crippen LogP contribution is -2.31. The molecule has 0 saturated carbocycles. The molecule has 0 saturated heterocycles. The van der Waals surface area contributed by atoms with Gasteiger partial charge < -0.3 is 10.6 Å². The lowest BCUT2D eigenvalue weighted by Gasteiger charge is -1.95. The lowest BCUT2D eigenvalue weighted by molar-refractivity contribution is -0.115. The van der Waals surface area contributed by atoms with Crippen LogP contribution in [0.1, 0.15) is 0 Å². The SMILES string of the molecule is CON=C(C(N)=O)C(=O)CBr. The zero-order valence-corrected chi connectivity index (χ0v) is 7.42. The minimum atomic E-state index is -0.892. The Labute approximate surface area is 71.7 Å². The Hall–Kier alpha value is -0.910. The average Bonchev–Trinajstić information content (AvgIpc) is 1.98. The third kappa shape index (κ3) is 3.13. The molecule has 0 bridgehead atoms. The maximum atomic E-state index is 10.8. The van der Waals surface area contributed by atoms with Crippen LogP contribution >= 0.6 is 15.9 Å². The summed E-state index contributed by atoms with van der Waals surface area (Å²) in [6.45, 7) is 0. The van der Waals surface area contributed by atoms with Crippen LogP contribution in [-0.4, -0.2) is 29.8 Å². The fourth-order valence-electron chi connectivity index (χ4n) is 0.388. The molecule has 0 radical (unpaired) electrons. The van der Waals surface area contributed by atoms with Gasteiger partial charge >= 0.3 is 0 Å². The summed E-state index contributed by atoms with van der Waals surface area (Å²) in [6.07, 6.45) is 0. The van der Waals surface area contributed by atoms with Crippen LogP contribution in [0.5, 0.6) is 0 Å². The summed E-state index contributed by atoms with van der Waals surface area (Å²) in [5.74, 6) is -1.39. The zero-order valence-electron chi connectivity index (χ0n) is 5.83. The van der Waals surface area contributed by atoms with E-state index in [1.165, 1.54) is 7.11 Å². The number of nitrogens with two attached hydrogens (primary N) is 1. The van der Waals surface area contributed by atoms with Gasteiger partial charge in [0.25, 0.3) is 5.91 Å². The summed E-state index contributed by atoms with van der Waals surface area (Å²) in [5, 5.41) is 3.16. The van der Waals surface area contributed by atoms with Crippen molar-refractivity contribution in [3.63, 3.8) is 0 Å². The molecule has 0 aromatic heterocycles. The number of nitrogens with zero attached hydrogens (tertiary/aromatic N) is 1. The molecule has 1 amide bonds. The van der Waals surface area contributed by atoms with Crippen LogP contribution in [0.25, 0.3) is 0 Å². The summed E-state index contributed by atoms with van der Waals surface area (Å²) < 4.78 is 0. The van der Waals surface area contributed by atoms with Crippen LogP contribution < -0.4 is 5.73 Å². The second-order valence-corrected chi connectivity index (χ2v) is 2.10. The van der Waals surface area contributed by atoms with Crippen LogP contribution in [-0.2, 0) is 14.4 Å². The Bertz CT molecular complexity index is 202. The monoisotopic (exact) mass is 222 g/mol. The molecular formula is C5H7BrN2O3. The number of ketones is 1. The molecular weight excluding hydrogens is 216 g/mol. The normalized spacial score (nSPS) is 10.9. The van der Waals surface area contributed by atoms with Gasteiger partial charge in [-0.2, -0.15) is 0 Å². The molecule has 0 aliphatic rings. The smallest absolute Gasteiger partial charge is 0.274 e. The van der Waals surface area contributed by atoms with Crippen molar-refractivity contribution < 1.29 is 14.4 Å². The highest BCUT2D eigenvalue weighted by Gasteiger charge is 2.16. The van der Waals surface area contributed by atoms with E-state index >= 15 is 0 Å². The minimum Gasteiger partial charge on any atom is -0.398 e. The van der Waals surface area contributed by atoms with Gasteiger partial charge in [0.2, 0.25) is 11.5 Å². The van der Waals surface area contributed by atoms with Crippen molar-refractivity contribution in [1.29, 1.82) is 0 Å². The van der Waals surface area contributed by atoms with Crippen molar-refractivity contribution in [2.24, 2.45) is 10.9 Å². The zero-order chi connectivity index (χ0) is 8.85. The first-order valence-electron chi connectivity index (χ1n) is 2.63. The number of carbonyl (C=O) groups is 2. The fourth-order valence-corrected chi connectivity index (χ4v) is 0.653. The molecule has 0 aromatic carbocycles. The van der Waals surface area contributed by atoms with E-state index in [1.807, 2.05) is 0 Å². The van der Waals surface area contributed by atoms with Gasteiger partial charge in [0.05, 0.1) is 5.33 Å². The first-order chi connectivity index (χ1) is 5.13. The maximum absolute atomic E-state index is 10.8. The minimum absolute atomic E-state index is 0.00185. The van der Waals surface area contributed by atoms with E-state index in [9.17, 15) is 9.59 Å². The molecule has 2 N–H and O–H groups in total. The van der Waals surface area contributed by atoms with E-state index < -0.39 is 11.7 Å². The van der Waals surface area contributed by atoms with E-state index in [-0.39, 0.29) is 11.0 Å². The molecule has 0 aliphatic carbocycles. The molecule has 0 rings (SSSR count). The Kier molecular flexibility index (Phi) is 4.44. The topological polar surface area (TPSA) is 81.8 Å². The number of amides is 1. The van der Waals surface area contributed by atoms with Crippen LogP contribution in [0.3, 0.4) is 0 Å². The van der Waals surface area contributed by atoms with Crippen molar-refractivity contribution >= 4 is 33.3 Å². The number of hydrogen-bond donors (Lipinski definition) is 1. The average molecular weight is 223 g/mol. The van der Waals surface area contributed by atoms with Crippen LogP contribution in [0, 0.1) is 0 Å². The molecule has 0 aliphatic heterocycles. The molecule has 0 unspecified atom stereocenters. The van der Waals surface area contributed by atoms with Crippen LogP contribution in [0.2, 0.25) is 0 Å². The van der Waals surface area contributed by atoms with Gasteiger partial charge in [-0.15, -0.1) is 0 Å². The Morgan fingerprint density at radius 3 is 2.45 bits per heavy atom. The molecule has 0 spiro atoms. The highest BCUT2D eigenvalue weighted by Crippen LogP contribution is 1.88. The van der Waals surface area contributed by atoms with Gasteiger partial charge in [-0.1, -0.05) is 21.1 Å². The van der Waals surface area contributed by atoms with Gasteiger partial charge in [-0.25, -0.2) is 0 Å². The predicted molar refractivity (Wildman–Crippen MR) is 42.4 cm³/mol. The van der Waals surface area contributed by atoms with Crippen molar-refractivity contribution in [2.75, 3.05) is 12.4 Å². The van der Waals surface area contributed by atoms with Crippen LogP contribution in [0.4, 0.5) is 0 Å². The number of oxime groups is 1. The predicted octanol–water partition coefficient (Wildman–Crippen LogP) is -0.562. The number of alkyl halides is 1. The van der Waals surface area contributed by atoms with Gasteiger partial charge in [0, 0.05) is 0 Å². The van der Waals surface area contributed by atoms with E-state index in [4.69, 9.17) is 5.73 Å². The molecule has 0 heterocycles. The largest absolute Gasteiger partial charge is 0.398 e. The maximum Gasteiger partial charge on any atom is 0.274 e. The molecule has 11 heavy (non-hydrogen) atoms. The molecule has 0 aromatic rings. The molecule has 0 fully saturated rings. The summed E-state index contributed by atoms with van der Waals surface area (Å²) in [4.78, 5) is 25.5. The second-order valence-electron chi connectivity index (χ2n) is 1.54. The summed E-state index contributed by atoms with van der Waals surface area (Å²) in [5.41, 5.74) is 4.42. The third-order valence-corrected chi connectivity index (χ3v) is 1.31. The number of rotatable bonds is 4. The number of hydrogen-bond acceptors (Lipinski definition) is 4. The van der Waals surface area contributed by atoms with Crippen molar-refractivity contribution in [3.05, 3.63) is 0 Å². The van der Waals surface area contributed by atoms with E-state index in [2.05, 4.69) is 25.9 Å². The van der Waals surface area contributed by atoms with Crippen molar-refractivity contribution in [1.82, 2.24) is 0 Å². The van der Waals surface area contributed by atoms with Gasteiger partial charge in [-0.05, 0) is 0 Å². The standard InChI is InChI=1S/C5H7BrN2O3/c1-11-8-4(5(7)10)3(9)2-6/h2H2,1H3,(H2,7,10). The first-order valence-corrected chi connectivity index (χ1v) is 3.75. The second kappa shape index (κ2) is 4.84. The number of halogens is 1. The number of primary amides is 1. The quantitative estimate of drug-likeness (QED) is 0.300. The summed E-state index contributed by atoms with van der Waals surface area (Å²) in [7, 11) is 1.23. The highest BCUT2D eigenvalue weighted by molar-refractivity contribution is 9.09. The molecule has 6 heteroatoms. The van der Waals surface area contributed by atoms with E-state index in [0.29, 0.717) is 0 Å². The van der Waals surface area contributed by atoms with Crippen molar-refractivity contribution in [2.45, 2.75) is 0 Å². The Morgan fingerprint density at radius 1 is 1.64 bits per heavy atom. The summed E-state index contributed by atoms with van der Waals surface area (Å²) >= 11 is 2.86. The summed E-state index contributed by atoms with van der Waals surface area (Å²) in [6, 6.07) is 0. The van der Waals surface area contributed by atoms with Crippen LogP contribution in [0.15, 0.2) is 5.16 Å². The fraction of sp³-hybridized carbons (Fsp3) is 0.400. The van der Waals surface area contributed by atoms with Gasteiger partial charge in [0.1, 0.15) is 7.11 Å². The number of carbonyl (C=O) groups excluding carboxylic acids is 2. The van der Waals surface area contributed by atoms with Crippen molar-refractivity contribution in [3.8, 4) is 0 Å². The van der Waals surface area contributed by atoms with Gasteiger partial charge in [-0.3, -0.25) is 9.59 Å². The van der Waals surface area contributed by atoms with Gasteiger partial charge in [0.15, 0.2) is 0 Å². The molecule has 0 atom stereocenters. The third-order valence-electron chi connectivity index (χ3n) is 0.801. The molecule has 5 nitrogen and oxygen atoms in total. The highest BCUT2D eigenvalue weighted by atomic mass is 79.9. The van der Waals surface area contributed by atoms with E-state index in [0.717, 1.165) is 0 Å². The Balaban J connectivity index is 4.48. The molecule has 62 valence electrons. The Morgan fingerprint density at radius 2 is 2.18 bits per heavy atom. The number of Topliss-reactive ketones (excluding diaryl/α,β-unsaturated/α-hetero) is 1.